The molecule has 0 aliphatic heterocycles. The zero-order chi connectivity index (χ0) is 29.2. The number of ketones is 1. The summed E-state index contributed by atoms with van der Waals surface area (Å²) < 4.78 is 22.1. The highest BCUT2D eigenvalue weighted by atomic mass is 35.6. The number of hydrogen-bond donors (Lipinski definition) is 0. The van der Waals surface area contributed by atoms with Crippen LogP contribution in [0.3, 0.4) is 0 Å². The van der Waals surface area contributed by atoms with Crippen LogP contribution in [0.5, 0.6) is 0 Å². The van der Waals surface area contributed by atoms with Gasteiger partial charge in [0.05, 0.1) is 28.0 Å². The van der Waals surface area contributed by atoms with Crippen molar-refractivity contribution in [3.8, 4) is 11.3 Å². The van der Waals surface area contributed by atoms with Gasteiger partial charge in [-0.25, -0.2) is 23.5 Å². The van der Waals surface area contributed by atoms with E-state index in [-0.39, 0.29) is 27.5 Å². The van der Waals surface area contributed by atoms with E-state index in [0.29, 0.717) is 10.6 Å². The average molecular weight is 689 g/mol. The molecule has 0 fully saturated rings. The second-order valence-electron chi connectivity index (χ2n) is 7.77. The fourth-order valence-electron chi connectivity index (χ4n) is 3.34. The summed E-state index contributed by atoms with van der Waals surface area (Å²) in [6.07, 6.45) is -0.116. The zero-order valence-corrected chi connectivity index (χ0v) is 24.8. The van der Waals surface area contributed by atoms with Crippen molar-refractivity contribution >= 4 is 110 Å². The lowest BCUT2D eigenvalue weighted by Gasteiger charge is -2.23. The third-order valence-corrected chi connectivity index (χ3v) is 6.48. The number of fused-ring (bicyclic) bond motifs is 1. The Labute approximate surface area is 259 Å². The predicted octanol–water partition coefficient (Wildman–Crippen LogP) is 7.65. The number of benzene rings is 1. The van der Waals surface area contributed by atoms with Crippen molar-refractivity contribution in [2.45, 2.75) is 7.59 Å². The third-order valence-electron chi connectivity index (χ3n) is 4.96. The van der Waals surface area contributed by atoms with Crippen LogP contribution in [0, 0.1) is 5.82 Å². The molecule has 0 aliphatic carbocycles. The maximum atomic E-state index is 15.1. The van der Waals surface area contributed by atoms with Gasteiger partial charge in [0, 0.05) is 11.8 Å². The smallest absolute Gasteiger partial charge is 0.424 e. The Morgan fingerprint density at radius 3 is 2.20 bits per heavy atom. The number of amides is 2. The Bertz CT molecular complexity index is 1540. The zero-order valence-electron chi connectivity index (χ0n) is 19.5. The van der Waals surface area contributed by atoms with Crippen molar-refractivity contribution in [1.82, 2.24) is 14.6 Å². The number of alkyl halides is 6. The van der Waals surface area contributed by atoms with E-state index in [1.165, 1.54) is 40.4 Å². The highest BCUT2D eigenvalue weighted by Gasteiger charge is 2.34. The maximum Gasteiger partial charge on any atom is 0.424 e. The molecule has 0 radical (unpaired) electrons. The molecule has 0 bridgehead atoms. The van der Waals surface area contributed by atoms with E-state index in [9.17, 15) is 14.4 Å². The van der Waals surface area contributed by atoms with Gasteiger partial charge in [-0.15, -0.1) is 11.3 Å². The molecule has 0 atom stereocenters. The van der Waals surface area contributed by atoms with Gasteiger partial charge in [-0.1, -0.05) is 75.7 Å². The van der Waals surface area contributed by atoms with Crippen LogP contribution in [0.15, 0.2) is 54.2 Å². The molecule has 0 saturated heterocycles. The van der Waals surface area contributed by atoms with Crippen LogP contribution in [0.4, 0.5) is 19.7 Å². The van der Waals surface area contributed by atoms with Crippen LogP contribution in [0.2, 0.25) is 0 Å². The molecule has 40 heavy (non-hydrogen) atoms. The molecule has 0 unspecified atom stereocenters. The molecule has 2 amide bonds. The summed E-state index contributed by atoms with van der Waals surface area (Å²) in [6, 6.07) is 8.42. The van der Waals surface area contributed by atoms with Crippen LogP contribution in [-0.4, -0.2) is 53.4 Å². The molecule has 0 aliphatic rings. The molecule has 210 valence electrons. The Hall–Kier alpha value is -2.38. The van der Waals surface area contributed by atoms with Gasteiger partial charge < -0.3 is 9.47 Å². The first kappa shape index (κ1) is 30.6. The van der Waals surface area contributed by atoms with E-state index >= 15 is 4.39 Å². The number of imide groups is 1. The number of anilines is 1. The van der Waals surface area contributed by atoms with Crippen LogP contribution < -0.4 is 4.90 Å². The molecule has 1 aromatic carbocycles. The fraction of sp³-hybridized carbons (Fsp3) is 0.174. The number of halogens is 7. The first-order valence-corrected chi connectivity index (χ1v) is 13.9. The van der Waals surface area contributed by atoms with Crippen LogP contribution >= 0.6 is 80.9 Å². The first-order valence-electron chi connectivity index (χ1n) is 10.7. The van der Waals surface area contributed by atoms with Crippen LogP contribution in [0.25, 0.3) is 16.9 Å². The quantitative estimate of drug-likeness (QED) is 0.151. The average Bonchev–Trinajstić information content (AvgIpc) is 3.57. The molecule has 3 aromatic heterocycles. The van der Waals surface area contributed by atoms with E-state index < -0.39 is 44.5 Å². The summed E-state index contributed by atoms with van der Waals surface area (Å²) in [7, 11) is 0. The van der Waals surface area contributed by atoms with Crippen molar-refractivity contribution in [2.24, 2.45) is 0 Å². The minimum Gasteiger partial charge on any atom is -0.444 e. The summed E-state index contributed by atoms with van der Waals surface area (Å²) in [4.78, 5) is 43.6. The maximum absolute atomic E-state index is 15.1. The normalized spacial score (nSPS) is 11.9. The molecule has 0 spiro atoms. The summed E-state index contributed by atoms with van der Waals surface area (Å²) in [5.74, 6) is -1.31. The van der Waals surface area contributed by atoms with Gasteiger partial charge in [0.15, 0.2) is 5.65 Å². The molecule has 4 rings (SSSR count). The lowest BCUT2D eigenvalue weighted by molar-refractivity contribution is 0.104. The second kappa shape index (κ2) is 12.2. The predicted molar refractivity (Wildman–Crippen MR) is 152 cm³/mol. The molecule has 0 saturated carbocycles. The standard InChI is InChI=1S/C23H13Cl6FN4O5S/c24-22(25,26)10-38-20(36)33(21(37)39-11-23(27,28)29)16-8-12(3-4-14(16)30)15-5-6-31-19-13(9-32-34(15)19)18(35)17-2-1-7-40-17/h1-9H,10-11H2. The Morgan fingerprint density at radius 1 is 0.975 bits per heavy atom. The van der Waals surface area contributed by atoms with Crippen LogP contribution in [-0.2, 0) is 9.47 Å². The van der Waals surface area contributed by atoms with Gasteiger partial charge >= 0.3 is 12.2 Å². The largest absolute Gasteiger partial charge is 0.444 e. The molecule has 17 heteroatoms. The summed E-state index contributed by atoms with van der Waals surface area (Å²) >= 11 is 35.0. The van der Waals surface area contributed by atoms with Crippen molar-refractivity contribution in [3.05, 3.63) is 70.4 Å². The summed E-state index contributed by atoms with van der Waals surface area (Å²) in [5, 5.41) is 6.03. The molecular formula is C23H13Cl6FN4O5S. The van der Waals surface area contributed by atoms with Crippen molar-refractivity contribution in [1.29, 1.82) is 0 Å². The van der Waals surface area contributed by atoms with Gasteiger partial charge in [0.1, 0.15) is 19.0 Å². The Morgan fingerprint density at radius 2 is 1.62 bits per heavy atom. The lowest BCUT2D eigenvalue weighted by Crippen LogP contribution is -2.40. The van der Waals surface area contributed by atoms with Crippen LogP contribution in [0.1, 0.15) is 15.2 Å². The first-order chi connectivity index (χ1) is 18.7. The molecule has 3 heterocycles. The minimum absolute atomic E-state index is 0.207. The van der Waals surface area contributed by atoms with Crippen molar-refractivity contribution in [3.63, 3.8) is 0 Å². The van der Waals surface area contributed by atoms with Gasteiger partial charge in [-0.3, -0.25) is 4.79 Å². The van der Waals surface area contributed by atoms with Gasteiger partial charge in [-0.2, -0.15) is 10.00 Å². The monoisotopic (exact) mass is 686 g/mol. The number of nitrogens with zero attached hydrogens (tertiary/aromatic N) is 4. The summed E-state index contributed by atoms with van der Waals surface area (Å²) in [5.41, 5.74) is 0.450. The Kier molecular flexibility index (Phi) is 9.35. The topological polar surface area (TPSA) is 103 Å². The lowest BCUT2D eigenvalue weighted by atomic mass is 10.1. The van der Waals surface area contributed by atoms with E-state index in [4.69, 9.17) is 79.1 Å². The van der Waals surface area contributed by atoms with E-state index in [0.717, 1.165) is 12.1 Å². The number of aromatic nitrogens is 3. The number of ether oxygens (including phenoxy) is 2. The second-order valence-corrected chi connectivity index (χ2v) is 13.8. The molecule has 4 aromatic rings. The van der Waals surface area contributed by atoms with Crippen molar-refractivity contribution in [2.75, 3.05) is 18.1 Å². The number of carbonyl (C=O) groups is 3. The minimum atomic E-state index is -2.04. The number of hydrogen-bond acceptors (Lipinski definition) is 8. The number of rotatable bonds is 6. The fourth-order valence-corrected chi connectivity index (χ4v) is 4.35. The van der Waals surface area contributed by atoms with Gasteiger partial charge in [-0.05, 0) is 35.7 Å². The summed E-state index contributed by atoms with van der Waals surface area (Å²) in [6.45, 7) is -1.57. The molecule has 9 nitrogen and oxygen atoms in total. The third kappa shape index (κ3) is 7.27. The highest BCUT2D eigenvalue weighted by molar-refractivity contribution is 7.12. The Balaban J connectivity index is 1.76. The molecular weight excluding hydrogens is 676 g/mol. The van der Waals surface area contributed by atoms with E-state index in [1.807, 2.05) is 0 Å². The SMILES string of the molecule is O=C(c1cccs1)c1cnn2c(-c3ccc(F)c(N(C(=O)OCC(Cl)(Cl)Cl)C(=O)OCC(Cl)(Cl)Cl)c3)ccnc12. The number of carbonyl (C=O) groups excluding carboxylic acids is 3. The highest BCUT2D eigenvalue weighted by Crippen LogP contribution is 2.32. The number of thiophene rings is 1. The van der Waals surface area contributed by atoms with Gasteiger partial charge in [0.25, 0.3) is 0 Å². The van der Waals surface area contributed by atoms with E-state index in [2.05, 4.69) is 10.1 Å². The van der Waals surface area contributed by atoms with Gasteiger partial charge in [0.2, 0.25) is 13.4 Å². The van der Waals surface area contributed by atoms with E-state index in [1.54, 1.807) is 17.5 Å². The molecule has 0 N–H and O–H groups in total. The van der Waals surface area contributed by atoms with Crippen molar-refractivity contribution < 1.29 is 28.2 Å².